The number of rotatable bonds is 6. The molecule has 0 radical (unpaired) electrons. The minimum atomic E-state index is -3.24. The van der Waals surface area contributed by atoms with E-state index in [1.165, 1.54) is 19.2 Å². The number of nitrogens with zero attached hydrogens (tertiary/aromatic N) is 2. The molecule has 2 N–H and O–H groups in total. The second kappa shape index (κ2) is 6.59. The molecule has 6 nitrogen and oxygen atoms in total. The highest BCUT2D eigenvalue weighted by Crippen LogP contribution is 2.17. The van der Waals surface area contributed by atoms with Gasteiger partial charge in [-0.05, 0) is 43.4 Å². The molecule has 0 fully saturated rings. The van der Waals surface area contributed by atoms with Crippen LogP contribution in [0.3, 0.4) is 0 Å². The van der Waals surface area contributed by atoms with Crippen LogP contribution in [-0.4, -0.2) is 38.0 Å². The maximum atomic E-state index is 12.8. The molecule has 1 aromatic heterocycles. The van der Waals surface area contributed by atoms with Gasteiger partial charge in [-0.1, -0.05) is 0 Å². The third-order valence-corrected chi connectivity index (χ3v) is 4.16. The highest BCUT2D eigenvalue weighted by Gasteiger charge is 2.06. The molecule has 112 valence electrons. The molecular weight excluding hydrogens is 295 g/mol. The van der Waals surface area contributed by atoms with Crippen molar-refractivity contribution in [1.29, 1.82) is 0 Å². The lowest BCUT2D eigenvalue weighted by atomic mass is 10.1. The summed E-state index contributed by atoms with van der Waals surface area (Å²) in [5, 5.41) is 10.8. The predicted octanol–water partition coefficient (Wildman–Crippen LogP) is 1.24. The van der Waals surface area contributed by atoms with Crippen LogP contribution in [0.2, 0.25) is 0 Å². The van der Waals surface area contributed by atoms with Gasteiger partial charge in [-0.25, -0.2) is 17.5 Å². The molecule has 0 aliphatic heterocycles. The molecular formula is C13H15FN4O2S. The van der Waals surface area contributed by atoms with Crippen molar-refractivity contribution in [3.05, 3.63) is 42.2 Å². The summed E-state index contributed by atoms with van der Waals surface area (Å²) in [5.74, 6) is 0.119. The molecule has 0 saturated heterocycles. The summed E-state index contributed by atoms with van der Waals surface area (Å²) in [4.78, 5) is 0. The summed E-state index contributed by atoms with van der Waals surface area (Å²) >= 11 is 0. The van der Waals surface area contributed by atoms with E-state index >= 15 is 0 Å². The quantitative estimate of drug-likeness (QED) is 0.839. The molecule has 0 unspecified atom stereocenters. The molecule has 1 aromatic carbocycles. The van der Waals surface area contributed by atoms with E-state index in [4.69, 9.17) is 0 Å². The van der Waals surface area contributed by atoms with Gasteiger partial charge in [0.2, 0.25) is 10.0 Å². The van der Waals surface area contributed by atoms with Gasteiger partial charge in [0.25, 0.3) is 0 Å². The zero-order chi connectivity index (χ0) is 15.3. The van der Waals surface area contributed by atoms with Crippen molar-refractivity contribution >= 4 is 15.8 Å². The number of sulfonamides is 1. The molecule has 0 amide bonds. The van der Waals surface area contributed by atoms with Crippen molar-refractivity contribution in [2.24, 2.45) is 0 Å². The van der Waals surface area contributed by atoms with Crippen LogP contribution in [0.5, 0.6) is 0 Å². The first kappa shape index (κ1) is 15.3. The molecule has 0 bridgehead atoms. The SMILES string of the molecule is CNS(=O)(=O)CCNc1ccc(-c2ccc(F)cc2)nn1. The topological polar surface area (TPSA) is 84.0 Å². The Morgan fingerprint density at radius 1 is 1.10 bits per heavy atom. The van der Waals surface area contributed by atoms with Crippen LogP contribution in [0.25, 0.3) is 11.3 Å². The highest BCUT2D eigenvalue weighted by molar-refractivity contribution is 7.89. The first-order valence-corrected chi connectivity index (χ1v) is 7.90. The molecule has 2 rings (SSSR count). The van der Waals surface area contributed by atoms with E-state index in [0.29, 0.717) is 11.5 Å². The number of benzene rings is 1. The molecule has 0 aliphatic carbocycles. The van der Waals surface area contributed by atoms with E-state index in [0.717, 1.165) is 5.56 Å². The molecule has 1 heterocycles. The number of hydrogen-bond donors (Lipinski definition) is 2. The lowest BCUT2D eigenvalue weighted by molar-refractivity contribution is 0.588. The van der Waals surface area contributed by atoms with Crippen LogP contribution in [0.1, 0.15) is 0 Å². The third-order valence-electron chi connectivity index (χ3n) is 2.79. The number of hydrogen-bond acceptors (Lipinski definition) is 5. The molecule has 2 aromatic rings. The predicted molar refractivity (Wildman–Crippen MR) is 78.8 cm³/mol. The first-order chi connectivity index (χ1) is 10.00. The number of nitrogens with one attached hydrogen (secondary N) is 2. The molecule has 0 spiro atoms. The van der Waals surface area contributed by atoms with Gasteiger partial charge in [0, 0.05) is 12.1 Å². The fourth-order valence-corrected chi connectivity index (χ4v) is 2.19. The Bertz CT molecular complexity index is 687. The van der Waals surface area contributed by atoms with E-state index in [2.05, 4.69) is 20.2 Å². The lowest BCUT2D eigenvalue weighted by Gasteiger charge is -2.06. The van der Waals surface area contributed by atoms with Gasteiger partial charge >= 0.3 is 0 Å². The van der Waals surface area contributed by atoms with E-state index in [-0.39, 0.29) is 18.1 Å². The van der Waals surface area contributed by atoms with Gasteiger partial charge in [0.05, 0.1) is 11.4 Å². The van der Waals surface area contributed by atoms with Crippen molar-refractivity contribution in [3.8, 4) is 11.3 Å². The van der Waals surface area contributed by atoms with E-state index < -0.39 is 10.0 Å². The van der Waals surface area contributed by atoms with Crippen LogP contribution in [0.15, 0.2) is 36.4 Å². The summed E-state index contributed by atoms with van der Waals surface area (Å²) in [7, 11) is -1.87. The average Bonchev–Trinajstić information content (AvgIpc) is 2.49. The van der Waals surface area contributed by atoms with Gasteiger partial charge in [-0.2, -0.15) is 0 Å². The Kier molecular flexibility index (Phi) is 4.81. The van der Waals surface area contributed by atoms with E-state index in [9.17, 15) is 12.8 Å². The van der Waals surface area contributed by atoms with Crippen LogP contribution in [-0.2, 0) is 10.0 Å². The normalized spacial score (nSPS) is 11.3. The summed E-state index contributed by atoms with van der Waals surface area (Å²) in [6.07, 6.45) is 0. The Labute approximate surface area is 122 Å². The maximum absolute atomic E-state index is 12.8. The van der Waals surface area contributed by atoms with E-state index in [1.807, 2.05) is 0 Å². The summed E-state index contributed by atoms with van der Waals surface area (Å²) < 4.78 is 37.5. The van der Waals surface area contributed by atoms with Gasteiger partial charge in [-0.15, -0.1) is 10.2 Å². The Morgan fingerprint density at radius 3 is 2.38 bits per heavy atom. The fourth-order valence-electron chi connectivity index (χ4n) is 1.62. The largest absolute Gasteiger partial charge is 0.368 e. The number of aromatic nitrogens is 2. The summed E-state index contributed by atoms with van der Waals surface area (Å²) in [6, 6.07) is 9.36. The van der Waals surface area contributed by atoms with E-state index in [1.54, 1.807) is 24.3 Å². The smallest absolute Gasteiger partial charge is 0.213 e. The average molecular weight is 310 g/mol. The standard InChI is InChI=1S/C13H15FN4O2S/c1-15-21(19,20)9-8-16-13-7-6-12(17-18-13)10-2-4-11(14)5-3-10/h2-7,15H,8-9H2,1H3,(H,16,18). The number of anilines is 1. The zero-order valence-corrected chi connectivity index (χ0v) is 12.2. The minimum Gasteiger partial charge on any atom is -0.368 e. The molecule has 8 heteroatoms. The monoisotopic (exact) mass is 310 g/mol. The van der Waals surface area contributed by atoms with Crippen LogP contribution < -0.4 is 10.0 Å². The zero-order valence-electron chi connectivity index (χ0n) is 11.4. The van der Waals surface area contributed by atoms with Gasteiger partial charge in [-0.3, -0.25) is 0 Å². The minimum absolute atomic E-state index is 0.0507. The summed E-state index contributed by atoms with van der Waals surface area (Å²) in [5.41, 5.74) is 1.37. The molecule has 0 atom stereocenters. The molecule has 0 saturated carbocycles. The van der Waals surface area contributed by atoms with Crippen molar-refractivity contribution in [1.82, 2.24) is 14.9 Å². The number of halogens is 1. The fraction of sp³-hybridized carbons (Fsp3) is 0.231. The van der Waals surface area contributed by atoms with Crippen molar-refractivity contribution in [2.75, 3.05) is 24.7 Å². The first-order valence-electron chi connectivity index (χ1n) is 6.25. The third kappa shape index (κ3) is 4.47. The van der Waals surface area contributed by atoms with Crippen LogP contribution in [0.4, 0.5) is 10.2 Å². The highest BCUT2D eigenvalue weighted by atomic mass is 32.2. The van der Waals surface area contributed by atoms with Gasteiger partial charge < -0.3 is 5.32 Å². The molecule has 21 heavy (non-hydrogen) atoms. The van der Waals surface area contributed by atoms with Crippen molar-refractivity contribution in [2.45, 2.75) is 0 Å². The van der Waals surface area contributed by atoms with Crippen molar-refractivity contribution < 1.29 is 12.8 Å². The Hall–Kier alpha value is -2.06. The lowest BCUT2D eigenvalue weighted by Crippen LogP contribution is -2.26. The van der Waals surface area contributed by atoms with Crippen LogP contribution >= 0.6 is 0 Å². The molecule has 0 aliphatic rings. The second-order valence-electron chi connectivity index (χ2n) is 4.26. The van der Waals surface area contributed by atoms with Crippen LogP contribution in [0, 0.1) is 5.82 Å². The Morgan fingerprint density at radius 2 is 1.81 bits per heavy atom. The Balaban J connectivity index is 1.98. The summed E-state index contributed by atoms with van der Waals surface area (Å²) in [6.45, 7) is 0.230. The maximum Gasteiger partial charge on any atom is 0.213 e. The van der Waals surface area contributed by atoms with Gasteiger partial charge in [0.15, 0.2) is 0 Å². The van der Waals surface area contributed by atoms with Crippen molar-refractivity contribution in [3.63, 3.8) is 0 Å². The second-order valence-corrected chi connectivity index (χ2v) is 6.31. The van der Waals surface area contributed by atoms with Gasteiger partial charge in [0.1, 0.15) is 11.6 Å².